The molecule has 1 atom stereocenters. The fourth-order valence-electron chi connectivity index (χ4n) is 0. The molecule has 0 fully saturated rings. The highest BCUT2D eigenvalue weighted by Gasteiger charge is 1.77. The third kappa shape index (κ3) is 4.07. The first-order chi connectivity index (χ1) is 2.27. The Labute approximate surface area is 31.9 Å². The number of aliphatic hydroxyl groups is 1. The van der Waals surface area contributed by atoms with E-state index in [4.69, 9.17) is 9.66 Å². The molecule has 0 aliphatic heterocycles. The van der Waals surface area contributed by atoms with E-state index in [2.05, 4.69) is 0 Å². The minimum absolute atomic E-state index is 0.667. The SMILES string of the molecule is O=[S@@](O)CO. The van der Waals surface area contributed by atoms with E-state index in [0.29, 0.717) is 0 Å². The Balaban J connectivity index is 2.85. The molecule has 0 aromatic rings. The number of hydrogen-bond acceptors (Lipinski definition) is 2. The van der Waals surface area contributed by atoms with Crippen LogP contribution in [0.5, 0.6) is 0 Å². The van der Waals surface area contributed by atoms with Crippen molar-refractivity contribution in [3.63, 3.8) is 0 Å². The molecular formula is CH4O3S. The Kier molecular flexibility index (Phi) is 2.35. The second kappa shape index (κ2) is 2.32. The van der Waals surface area contributed by atoms with Crippen molar-refractivity contribution in [2.45, 2.75) is 0 Å². The van der Waals surface area contributed by atoms with Crippen molar-refractivity contribution in [1.82, 2.24) is 0 Å². The van der Waals surface area contributed by atoms with Crippen molar-refractivity contribution in [3.8, 4) is 0 Å². The predicted molar refractivity (Wildman–Crippen MR) is 17.9 cm³/mol. The summed E-state index contributed by atoms with van der Waals surface area (Å²) < 4.78 is 16.8. The van der Waals surface area contributed by atoms with Crippen molar-refractivity contribution in [2.24, 2.45) is 0 Å². The molecule has 0 radical (unpaired) electrons. The molecule has 0 spiro atoms. The molecule has 0 saturated carbocycles. The van der Waals surface area contributed by atoms with Gasteiger partial charge in [-0.15, -0.1) is 0 Å². The fourth-order valence-corrected chi connectivity index (χ4v) is 0. The molecule has 0 rings (SSSR count). The van der Waals surface area contributed by atoms with Gasteiger partial charge in [-0.2, -0.15) is 0 Å². The first-order valence-electron chi connectivity index (χ1n) is 0.954. The maximum Gasteiger partial charge on any atom is 0.179 e. The van der Waals surface area contributed by atoms with Crippen molar-refractivity contribution in [3.05, 3.63) is 0 Å². The normalized spacial score (nSPS) is 14.8. The van der Waals surface area contributed by atoms with Crippen LogP contribution in [0, 0.1) is 0 Å². The maximum absolute atomic E-state index is 9.23. The van der Waals surface area contributed by atoms with E-state index in [-0.39, 0.29) is 0 Å². The van der Waals surface area contributed by atoms with Crippen LogP contribution in [0.25, 0.3) is 0 Å². The standard InChI is InChI=1S/CH4O3S/c2-1-5(3)4/h2H,1H2,(H,3,4). The predicted octanol–water partition coefficient (Wildman–Crippen LogP) is -0.842. The molecule has 0 aliphatic carbocycles. The van der Waals surface area contributed by atoms with E-state index >= 15 is 0 Å². The van der Waals surface area contributed by atoms with Gasteiger partial charge in [0.25, 0.3) is 0 Å². The van der Waals surface area contributed by atoms with E-state index < -0.39 is 17.0 Å². The van der Waals surface area contributed by atoms with Crippen LogP contribution in [0.2, 0.25) is 0 Å². The molecule has 2 N–H and O–H groups in total. The smallest absolute Gasteiger partial charge is 0.179 e. The topological polar surface area (TPSA) is 57.5 Å². The molecular weight excluding hydrogens is 92.1 g/mol. The van der Waals surface area contributed by atoms with Gasteiger partial charge in [0.1, 0.15) is 5.94 Å². The van der Waals surface area contributed by atoms with E-state index in [9.17, 15) is 4.21 Å². The van der Waals surface area contributed by atoms with Crippen LogP contribution in [-0.4, -0.2) is 19.8 Å². The lowest BCUT2D eigenvalue weighted by molar-refractivity contribution is 0.354. The lowest BCUT2D eigenvalue weighted by Gasteiger charge is -1.73. The Hall–Kier alpha value is 0.0700. The van der Waals surface area contributed by atoms with E-state index in [0.717, 1.165) is 0 Å². The summed E-state index contributed by atoms with van der Waals surface area (Å²) in [5.41, 5.74) is 0. The first kappa shape index (κ1) is 5.07. The second-order valence-electron chi connectivity index (χ2n) is 0.451. The molecule has 3 nitrogen and oxygen atoms in total. The number of rotatable bonds is 1. The van der Waals surface area contributed by atoms with Crippen molar-refractivity contribution in [1.29, 1.82) is 0 Å². The Morgan fingerprint density at radius 1 is 1.80 bits per heavy atom. The number of hydrogen-bond donors (Lipinski definition) is 2. The third-order valence-corrected chi connectivity index (χ3v) is 0.331. The molecule has 5 heavy (non-hydrogen) atoms. The highest BCUT2D eigenvalue weighted by molar-refractivity contribution is 7.78. The summed E-state index contributed by atoms with van der Waals surface area (Å²) in [6.07, 6.45) is 0. The minimum atomic E-state index is -2.02. The van der Waals surface area contributed by atoms with Crippen LogP contribution < -0.4 is 0 Å². The summed E-state index contributed by atoms with van der Waals surface area (Å²) in [7, 11) is 0. The highest BCUT2D eigenvalue weighted by atomic mass is 32.2. The third-order valence-electron chi connectivity index (χ3n) is 0.110. The zero-order valence-electron chi connectivity index (χ0n) is 2.42. The van der Waals surface area contributed by atoms with Crippen LogP contribution in [0.3, 0.4) is 0 Å². The van der Waals surface area contributed by atoms with Gasteiger partial charge in [0.15, 0.2) is 11.1 Å². The highest BCUT2D eigenvalue weighted by Crippen LogP contribution is 1.59. The molecule has 32 valence electrons. The maximum atomic E-state index is 9.23. The average Bonchev–Trinajstić information content (AvgIpc) is 1.38. The molecule has 0 bridgehead atoms. The quantitative estimate of drug-likeness (QED) is 0.418. The van der Waals surface area contributed by atoms with Gasteiger partial charge >= 0.3 is 0 Å². The number of aliphatic hydroxyl groups excluding tert-OH is 1. The molecule has 0 aromatic heterocycles. The minimum Gasteiger partial charge on any atom is -0.381 e. The lowest BCUT2D eigenvalue weighted by atomic mass is 11.7. The fraction of sp³-hybridized carbons (Fsp3) is 1.00. The summed E-state index contributed by atoms with van der Waals surface area (Å²) >= 11 is -2.02. The summed E-state index contributed by atoms with van der Waals surface area (Å²) in [6, 6.07) is 0. The average molecular weight is 96.1 g/mol. The zero-order valence-corrected chi connectivity index (χ0v) is 3.23. The van der Waals surface area contributed by atoms with Gasteiger partial charge in [-0.3, -0.25) is 0 Å². The monoisotopic (exact) mass is 96.0 g/mol. The van der Waals surface area contributed by atoms with Crippen LogP contribution in [-0.2, 0) is 11.1 Å². The molecule has 0 saturated heterocycles. The summed E-state index contributed by atoms with van der Waals surface area (Å²) in [4.78, 5) is 0. The van der Waals surface area contributed by atoms with Gasteiger partial charge in [-0.05, 0) is 0 Å². The van der Waals surface area contributed by atoms with Gasteiger partial charge in [-0.25, -0.2) is 4.21 Å². The second-order valence-corrected chi connectivity index (χ2v) is 1.35. The van der Waals surface area contributed by atoms with Crippen molar-refractivity contribution >= 4 is 11.1 Å². The summed E-state index contributed by atoms with van der Waals surface area (Å²) in [6.45, 7) is 0. The Morgan fingerprint density at radius 2 is 2.00 bits per heavy atom. The molecule has 0 heterocycles. The Bertz CT molecular complexity index is 42.2. The molecule has 4 heteroatoms. The van der Waals surface area contributed by atoms with Crippen LogP contribution in [0.15, 0.2) is 0 Å². The zero-order chi connectivity index (χ0) is 4.28. The van der Waals surface area contributed by atoms with Crippen molar-refractivity contribution in [2.75, 3.05) is 5.94 Å². The van der Waals surface area contributed by atoms with Gasteiger partial charge in [-0.1, -0.05) is 0 Å². The van der Waals surface area contributed by atoms with Gasteiger partial charge in [0.05, 0.1) is 0 Å². The molecule has 0 unspecified atom stereocenters. The lowest BCUT2D eigenvalue weighted by Crippen LogP contribution is -1.89. The summed E-state index contributed by atoms with van der Waals surface area (Å²) in [5, 5.41) is 7.59. The molecule has 0 aliphatic rings. The first-order valence-corrected chi connectivity index (χ1v) is 2.23. The Morgan fingerprint density at radius 3 is 2.00 bits per heavy atom. The van der Waals surface area contributed by atoms with Gasteiger partial charge in [0.2, 0.25) is 0 Å². The van der Waals surface area contributed by atoms with Crippen LogP contribution >= 0.6 is 0 Å². The molecule has 0 amide bonds. The summed E-state index contributed by atoms with van der Waals surface area (Å²) in [5.74, 6) is -0.667. The van der Waals surface area contributed by atoms with E-state index in [1.165, 1.54) is 0 Å². The molecule has 0 aromatic carbocycles. The van der Waals surface area contributed by atoms with Crippen molar-refractivity contribution < 1.29 is 13.9 Å². The van der Waals surface area contributed by atoms with Crippen LogP contribution in [0.1, 0.15) is 0 Å². The van der Waals surface area contributed by atoms with E-state index in [1.54, 1.807) is 0 Å². The van der Waals surface area contributed by atoms with Gasteiger partial charge in [0, 0.05) is 0 Å². The van der Waals surface area contributed by atoms with E-state index in [1.807, 2.05) is 0 Å². The van der Waals surface area contributed by atoms with Crippen LogP contribution in [0.4, 0.5) is 0 Å². The largest absolute Gasteiger partial charge is 0.381 e. The van der Waals surface area contributed by atoms with Gasteiger partial charge < -0.3 is 9.66 Å².